The largest absolute Gasteiger partial charge is 0.442 e. The van der Waals surface area contributed by atoms with Crippen molar-refractivity contribution in [3.8, 4) is 0 Å². The molecule has 1 amide bonds. The van der Waals surface area contributed by atoms with Crippen molar-refractivity contribution in [2.75, 3.05) is 19.4 Å². The third kappa shape index (κ3) is 4.63. The molecule has 7 heteroatoms. The highest BCUT2D eigenvalue weighted by molar-refractivity contribution is 7.85. The van der Waals surface area contributed by atoms with Crippen molar-refractivity contribution in [2.24, 2.45) is 0 Å². The molecule has 2 aliphatic rings. The summed E-state index contributed by atoms with van der Waals surface area (Å²) in [4.78, 5) is 13.7. The molecule has 0 aromatic heterocycles. The van der Waals surface area contributed by atoms with E-state index in [1.54, 1.807) is 4.90 Å². The van der Waals surface area contributed by atoms with Crippen molar-refractivity contribution < 1.29 is 22.1 Å². The summed E-state index contributed by atoms with van der Waals surface area (Å²) in [5.74, 6) is 0. The van der Waals surface area contributed by atoms with Crippen molar-refractivity contribution >= 4 is 16.2 Å². The molecular formula is C13H23NO5S. The smallest absolute Gasteiger partial charge is 0.410 e. The van der Waals surface area contributed by atoms with Crippen LogP contribution in [0.2, 0.25) is 0 Å². The van der Waals surface area contributed by atoms with E-state index in [0.29, 0.717) is 6.54 Å². The van der Waals surface area contributed by atoms with Crippen LogP contribution >= 0.6 is 0 Å². The first-order valence-electron chi connectivity index (χ1n) is 7.27. The van der Waals surface area contributed by atoms with Gasteiger partial charge in [0.25, 0.3) is 10.1 Å². The van der Waals surface area contributed by atoms with E-state index in [1.807, 2.05) is 0 Å². The second-order valence-corrected chi connectivity index (χ2v) is 7.29. The molecule has 1 atom stereocenters. The molecule has 1 aliphatic carbocycles. The molecule has 2 fully saturated rings. The number of cyclic esters (lactones) is 1. The van der Waals surface area contributed by atoms with Gasteiger partial charge in [-0.2, -0.15) is 8.42 Å². The van der Waals surface area contributed by atoms with E-state index in [4.69, 9.17) is 8.92 Å². The van der Waals surface area contributed by atoms with Gasteiger partial charge in [-0.25, -0.2) is 4.79 Å². The van der Waals surface area contributed by atoms with Crippen LogP contribution in [0.3, 0.4) is 0 Å². The summed E-state index contributed by atoms with van der Waals surface area (Å²) in [5.41, 5.74) is 0. The number of rotatable bonds is 4. The molecule has 0 unspecified atom stereocenters. The Labute approximate surface area is 120 Å². The number of hydrogen-bond donors (Lipinski definition) is 0. The number of hydrogen-bond acceptors (Lipinski definition) is 5. The van der Waals surface area contributed by atoms with E-state index in [1.165, 1.54) is 19.3 Å². The first kappa shape index (κ1) is 15.6. The highest BCUT2D eigenvalue weighted by atomic mass is 32.2. The van der Waals surface area contributed by atoms with Crippen molar-refractivity contribution in [3.63, 3.8) is 0 Å². The van der Waals surface area contributed by atoms with E-state index < -0.39 is 16.2 Å². The summed E-state index contributed by atoms with van der Waals surface area (Å²) in [7, 11) is -3.49. The molecule has 6 nitrogen and oxygen atoms in total. The normalized spacial score (nSPS) is 26.1. The fourth-order valence-electron chi connectivity index (χ4n) is 2.87. The number of carbonyl (C=O) groups is 1. The van der Waals surface area contributed by atoms with Crippen LogP contribution in [0.25, 0.3) is 0 Å². The van der Waals surface area contributed by atoms with Gasteiger partial charge in [-0.05, 0) is 12.8 Å². The molecule has 116 valence electrons. The van der Waals surface area contributed by atoms with Gasteiger partial charge in [0.15, 0.2) is 0 Å². The molecule has 1 heterocycles. The van der Waals surface area contributed by atoms with Crippen molar-refractivity contribution in [2.45, 2.75) is 57.1 Å². The maximum atomic E-state index is 11.9. The monoisotopic (exact) mass is 305 g/mol. The van der Waals surface area contributed by atoms with Crippen molar-refractivity contribution in [3.05, 3.63) is 0 Å². The summed E-state index contributed by atoms with van der Waals surface area (Å²) in [6.07, 6.45) is 8.19. The van der Waals surface area contributed by atoms with Gasteiger partial charge >= 0.3 is 6.09 Å². The van der Waals surface area contributed by atoms with Gasteiger partial charge in [0.05, 0.1) is 12.8 Å². The van der Waals surface area contributed by atoms with Crippen LogP contribution in [-0.4, -0.2) is 51.0 Å². The van der Waals surface area contributed by atoms with Gasteiger partial charge in [0.2, 0.25) is 0 Å². The maximum absolute atomic E-state index is 11.9. The fraction of sp³-hybridized carbons (Fsp3) is 0.923. The second kappa shape index (κ2) is 6.76. The Morgan fingerprint density at radius 3 is 2.40 bits per heavy atom. The topological polar surface area (TPSA) is 72.9 Å². The molecule has 20 heavy (non-hydrogen) atoms. The first-order valence-corrected chi connectivity index (χ1v) is 9.09. The van der Waals surface area contributed by atoms with Crippen molar-refractivity contribution in [1.29, 1.82) is 0 Å². The molecule has 0 N–H and O–H groups in total. The minimum atomic E-state index is -3.49. The number of nitrogens with zero attached hydrogens (tertiary/aromatic N) is 1. The number of carbonyl (C=O) groups excluding carboxylic acids is 1. The Hall–Kier alpha value is -0.820. The van der Waals surface area contributed by atoms with Gasteiger partial charge in [-0.3, -0.25) is 4.18 Å². The Balaban J connectivity index is 1.87. The lowest BCUT2D eigenvalue weighted by Crippen LogP contribution is -2.37. The fourth-order valence-corrected chi connectivity index (χ4v) is 3.27. The van der Waals surface area contributed by atoms with E-state index in [-0.39, 0.29) is 18.7 Å². The zero-order chi connectivity index (χ0) is 14.6. The van der Waals surface area contributed by atoms with Gasteiger partial charge in [-0.15, -0.1) is 0 Å². The van der Waals surface area contributed by atoms with Crippen LogP contribution in [0.4, 0.5) is 4.79 Å². The lowest BCUT2D eigenvalue weighted by molar-refractivity contribution is 0.103. The average molecular weight is 305 g/mol. The van der Waals surface area contributed by atoms with Gasteiger partial charge < -0.3 is 9.64 Å². The molecule has 2 rings (SSSR count). The van der Waals surface area contributed by atoms with Crippen LogP contribution in [0.5, 0.6) is 0 Å². The predicted molar refractivity (Wildman–Crippen MR) is 73.9 cm³/mol. The Morgan fingerprint density at radius 2 is 1.80 bits per heavy atom. The van der Waals surface area contributed by atoms with E-state index in [0.717, 1.165) is 31.9 Å². The van der Waals surface area contributed by atoms with Gasteiger partial charge in [0, 0.05) is 6.04 Å². The van der Waals surface area contributed by atoms with Gasteiger partial charge in [-0.1, -0.05) is 32.1 Å². The first-order chi connectivity index (χ1) is 9.46. The molecule has 0 radical (unpaired) electrons. The van der Waals surface area contributed by atoms with E-state index in [2.05, 4.69) is 0 Å². The summed E-state index contributed by atoms with van der Waals surface area (Å²) in [5, 5.41) is 0. The van der Waals surface area contributed by atoms with Crippen LogP contribution in [0.15, 0.2) is 0 Å². The highest BCUT2D eigenvalue weighted by Gasteiger charge is 2.36. The molecule has 1 saturated heterocycles. The minimum absolute atomic E-state index is 0.0895. The average Bonchev–Trinajstić information content (AvgIpc) is 2.67. The highest BCUT2D eigenvalue weighted by Crippen LogP contribution is 2.25. The standard InChI is InChI=1S/C13H23NO5S/c1-20(16,17)18-10-12-9-14(13(15)19-12)11-7-5-3-2-4-6-8-11/h11-12H,2-10H2,1H3/t12-/m0/s1. The molecule has 1 saturated carbocycles. The van der Waals surface area contributed by atoms with Crippen LogP contribution in [0, 0.1) is 0 Å². The molecular weight excluding hydrogens is 282 g/mol. The Bertz CT molecular complexity index is 428. The lowest BCUT2D eigenvalue weighted by Gasteiger charge is -2.27. The van der Waals surface area contributed by atoms with Crippen LogP contribution in [0.1, 0.15) is 44.9 Å². The van der Waals surface area contributed by atoms with E-state index in [9.17, 15) is 13.2 Å². The predicted octanol–water partition coefficient (Wildman–Crippen LogP) is 1.90. The molecule has 1 aliphatic heterocycles. The van der Waals surface area contributed by atoms with Crippen molar-refractivity contribution in [1.82, 2.24) is 4.90 Å². The SMILES string of the molecule is CS(=O)(=O)OC[C@@H]1CN(C2CCCCCCC2)C(=O)O1. The maximum Gasteiger partial charge on any atom is 0.410 e. The quantitative estimate of drug-likeness (QED) is 0.742. The third-order valence-corrected chi connectivity index (χ3v) is 4.45. The molecule has 0 aromatic rings. The summed E-state index contributed by atoms with van der Waals surface area (Å²) in [6, 6.07) is 0.228. The second-order valence-electron chi connectivity index (χ2n) is 5.65. The summed E-state index contributed by atoms with van der Waals surface area (Å²) >= 11 is 0. The summed E-state index contributed by atoms with van der Waals surface area (Å²) in [6.45, 7) is 0.340. The number of ether oxygens (including phenoxy) is 1. The van der Waals surface area contributed by atoms with Crippen LogP contribution in [-0.2, 0) is 19.0 Å². The molecule has 0 bridgehead atoms. The minimum Gasteiger partial charge on any atom is -0.442 e. The number of amides is 1. The third-order valence-electron chi connectivity index (χ3n) is 3.89. The van der Waals surface area contributed by atoms with Gasteiger partial charge in [0.1, 0.15) is 12.7 Å². The Morgan fingerprint density at radius 1 is 1.20 bits per heavy atom. The molecule has 0 spiro atoms. The summed E-state index contributed by atoms with van der Waals surface area (Å²) < 4.78 is 31.8. The van der Waals surface area contributed by atoms with Crippen LogP contribution < -0.4 is 0 Å². The zero-order valence-electron chi connectivity index (χ0n) is 11.9. The Kier molecular flexibility index (Phi) is 5.26. The molecule has 0 aromatic carbocycles. The van der Waals surface area contributed by atoms with E-state index >= 15 is 0 Å². The zero-order valence-corrected chi connectivity index (χ0v) is 12.7. The lowest BCUT2D eigenvalue weighted by atomic mass is 9.96.